The number of rotatable bonds is 5. The lowest BCUT2D eigenvalue weighted by Crippen LogP contribution is -2.24. The highest BCUT2D eigenvalue weighted by atomic mass is 14.9. The lowest BCUT2D eigenvalue weighted by molar-refractivity contribution is 0.515. The Morgan fingerprint density at radius 3 is 2.61 bits per heavy atom. The number of benzene rings is 1. The summed E-state index contributed by atoms with van der Waals surface area (Å²) in [6.45, 7) is 13.7. The summed E-state index contributed by atoms with van der Waals surface area (Å²) in [7, 11) is 0. The Kier molecular flexibility index (Phi) is 3.82. The molecule has 2 atom stereocenters. The molecule has 1 N–H and O–H groups in total. The highest BCUT2D eigenvalue weighted by Crippen LogP contribution is 2.53. The molecule has 1 aliphatic carbocycles. The molecule has 0 aliphatic heterocycles. The van der Waals surface area contributed by atoms with Gasteiger partial charge in [0, 0.05) is 0 Å². The molecule has 1 nitrogen and oxygen atoms in total. The maximum absolute atomic E-state index is 3.60. The summed E-state index contributed by atoms with van der Waals surface area (Å²) < 4.78 is 0. The van der Waals surface area contributed by atoms with E-state index in [2.05, 4.69) is 58.1 Å². The summed E-state index contributed by atoms with van der Waals surface area (Å²) in [5.41, 5.74) is 4.77. The predicted octanol–water partition coefficient (Wildman–Crippen LogP) is 3.83. The highest BCUT2D eigenvalue weighted by molar-refractivity contribution is 5.38. The van der Waals surface area contributed by atoms with Gasteiger partial charge in [-0.2, -0.15) is 0 Å². The molecule has 1 aromatic rings. The van der Waals surface area contributed by atoms with Gasteiger partial charge < -0.3 is 5.32 Å². The lowest BCUT2D eigenvalue weighted by atomic mass is 9.92. The molecule has 0 radical (unpaired) electrons. The minimum absolute atomic E-state index is 0.419. The van der Waals surface area contributed by atoms with Crippen molar-refractivity contribution in [3.8, 4) is 0 Å². The van der Waals surface area contributed by atoms with Crippen molar-refractivity contribution in [2.75, 3.05) is 13.1 Å². The van der Waals surface area contributed by atoms with Crippen LogP contribution in [0.25, 0.3) is 0 Å². The van der Waals surface area contributed by atoms with Crippen LogP contribution in [0.1, 0.15) is 43.9 Å². The maximum Gasteiger partial charge on any atom is -0.00117 e. The van der Waals surface area contributed by atoms with Crippen LogP contribution in [0.2, 0.25) is 0 Å². The average Bonchev–Trinajstić information content (AvgIpc) is 2.94. The van der Waals surface area contributed by atoms with Gasteiger partial charge in [-0.3, -0.25) is 0 Å². The average molecular weight is 245 g/mol. The molecule has 0 spiro atoms. The molecule has 1 heteroatoms. The van der Waals surface area contributed by atoms with Gasteiger partial charge >= 0.3 is 0 Å². The van der Waals surface area contributed by atoms with E-state index in [0.717, 1.165) is 18.4 Å². The van der Waals surface area contributed by atoms with Crippen LogP contribution in [0.5, 0.6) is 0 Å². The van der Waals surface area contributed by atoms with Crippen LogP contribution in [0.3, 0.4) is 0 Å². The van der Waals surface area contributed by atoms with Crippen molar-refractivity contribution >= 4 is 0 Å². The van der Waals surface area contributed by atoms with Crippen molar-refractivity contribution in [2.24, 2.45) is 11.8 Å². The molecule has 0 saturated heterocycles. The van der Waals surface area contributed by atoms with Crippen LogP contribution in [-0.4, -0.2) is 13.1 Å². The second-order valence-corrected chi connectivity index (χ2v) is 6.67. The molecule has 1 fully saturated rings. The lowest BCUT2D eigenvalue weighted by Gasteiger charge is -2.15. The van der Waals surface area contributed by atoms with E-state index in [1.54, 1.807) is 0 Å². The molecule has 0 heterocycles. The maximum atomic E-state index is 3.60. The fraction of sp³-hybridized carbons (Fsp3) is 0.647. The van der Waals surface area contributed by atoms with Crippen LogP contribution in [0.15, 0.2) is 18.2 Å². The number of hydrogen-bond acceptors (Lipinski definition) is 1. The first-order chi connectivity index (χ1) is 8.43. The van der Waals surface area contributed by atoms with Crippen molar-refractivity contribution < 1.29 is 0 Å². The van der Waals surface area contributed by atoms with Crippen LogP contribution in [0.4, 0.5) is 0 Å². The van der Waals surface area contributed by atoms with Crippen molar-refractivity contribution in [3.05, 3.63) is 34.9 Å². The number of nitrogens with one attached hydrogen (secondary N) is 1. The van der Waals surface area contributed by atoms with E-state index in [1.807, 2.05) is 0 Å². The number of hydrogen-bond donors (Lipinski definition) is 1. The van der Waals surface area contributed by atoms with Crippen molar-refractivity contribution in [1.29, 1.82) is 0 Å². The molecule has 18 heavy (non-hydrogen) atoms. The first-order valence-electron chi connectivity index (χ1n) is 7.22. The van der Waals surface area contributed by atoms with Gasteiger partial charge in [0.2, 0.25) is 0 Å². The first-order valence-corrected chi connectivity index (χ1v) is 7.22. The second kappa shape index (κ2) is 5.05. The first kappa shape index (κ1) is 13.6. The quantitative estimate of drug-likeness (QED) is 0.831. The van der Waals surface area contributed by atoms with Crippen LogP contribution >= 0.6 is 0 Å². The third kappa shape index (κ3) is 2.77. The molecule has 2 rings (SSSR count). The largest absolute Gasteiger partial charge is 0.316 e. The van der Waals surface area contributed by atoms with E-state index >= 15 is 0 Å². The molecule has 2 unspecified atom stereocenters. The summed E-state index contributed by atoms with van der Waals surface area (Å²) in [4.78, 5) is 0. The van der Waals surface area contributed by atoms with Crippen LogP contribution in [0, 0.1) is 25.7 Å². The zero-order valence-electron chi connectivity index (χ0n) is 12.5. The van der Waals surface area contributed by atoms with E-state index in [0.29, 0.717) is 5.41 Å². The van der Waals surface area contributed by atoms with Crippen LogP contribution < -0.4 is 5.32 Å². The zero-order chi connectivity index (χ0) is 13.3. The third-order valence-corrected chi connectivity index (χ3v) is 4.52. The summed E-state index contributed by atoms with van der Waals surface area (Å²) in [5.74, 6) is 1.56. The molecular weight excluding hydrogens is 218 g/mol. The summed E-state index contributed by atoms with van der Waals surface area (Å²) in [5, 5.41) is 3.60. The smallest absolute Gasteiger partial charge is 0.00117 e. The Morgan fingerprint density at radius 2 is 2.00 bits per heavy atom. The Bertz CT molecular complexity index is 422. The molecule has 0 amide bonds. The van der Waals surface area contributed by atoms with Gasteiger partial charge in [0.05, 0.1) is 0 Å². The van der Waals surface area contributed by atoms with Crippen molar-refractivity contribution in [2.45, 2.75) is 46.5 Å². The highest BCUT2D eigenvalue weighted by Gasteiger charge is 2.50. The molecular formula is C17H27N. The normalized spacial score (nSPS) is 26.7. The summed E-state index contributed by atoms with van der Waals surface area (Å²) in [6, 6.07) is 6.98. The van der Waals surface area contributed by atoms with Gasteiger partial charge in [-0.1, -0.05) is 39.0 Å². The summed E-state index contributed by atoms with van der Waals surface area (Å²) in [6.07, 6.45) is 1.33. The molecule has 1 aromatic carbocycles. The number of aryl methyl sites for hydroxylation is 2. The minimum atomic E-state index is 0.419. The fourth-order valence-corrected chi connectivity index (χ4v) is 2.75. The molecule has 0 aromatic heterocycles. The van der Waals surface area contributed by atoms with Crippen molar-refractivity contribution in [3.63, 3.8) is 0 Å². The molecule has 0 bridgehead atoms. The van der Waals surface area contributed by atoms with Gasteiger partial charge in [-0.05, 0) is 67.3 Å². The second-order valence-electron chi connectivity index (χ2n) is 6.67. The zero-order valence-corrected chi connectivity index (χ0v) is 12.5. The molecule has 1 aliphatic rings. The van der Waals surface area contributed by atoms with Gasteiger partial charge in [0.1, 0.15) is 0 Å². The van der Waals surface area contributed by atoms with Gasteiger partial charge in [0.15, 0.2) is 0 Å². The van der Waals surface area contributed by atoms with Crippen LogP contribution in [-0.2, 0) is 5.41 Å². The third-order valence-electron chi connectivity index (χ3n) is 4.52. The molecule has 100 valence electrons. The Hall–Kier alpha value is -0.820. The Labute approximate surface area is 112 Å². The topological polar surface area (TPSA) is 12.0 Å². The monoisotopic (exact) mass is 245 g/mol. The Balaban J connectivity index is 1.95. The van der Waals surface area contributed by atoms with Gasteiger partial charge in [-0.25, -0.2) is 0 Å². The standard InChI is InChI=1S/C17H27N/c1-12(2)10-18-11-16-9-17(16,5)15-7-6-13(3)14(4)8-15/h6-8,12,16,18H,9-11H2,1-5H3. The Morgan fingerprint density at radius 1 is 1.28 bits per heavy atom. The van der Waals surface area contributed by atoms with E-state index in [9.17, 15) is 0 Å². The van der Waals surface area contributed by atoms with Crippen molar-refractivity contribution in [1.82, 2.24) is 5.32 Å². The summed E-state index contributed by atoms with van der Waals surface area (Å²) >= 11 is 0. The predicted molar refractivity (Wildman–Crippen MR) is 79.1 cm³/mol. The van der Waals surface area contributed by atoms with E-state index in [-0.39, 0.29) is 0 Å². The SMILES string of the molecule is Cc1ccc(C2(C)CC2CNCC(C)C)cc1C. The van der Waals surface area contributed by atoms with E-state index < -0.39 is 0 Å². The van der Waals surface area contributed by atoms with Gasteiger partial charge in [0.25, 0.3) is 0 Å². The van der Waals surface area contributed by atoms with E-state index in [1.165, 1.54) is 29.7 Å². The minimum Gasteiger partial charge on any atom is -0.316 e. The fourth-order valence-electron chi connectivity index (χ4n) is 2.75. The molecule has 1 saturated carbocycles. The van der Waals surface area contributed by atoms with Gasteiger partial charge in [-0.15, -0.1) is 0 Å². The van der Waals surface area contributed by atoms with E-state index in [4.69, 9.17) is 0 Å².